The fourth-order valence-electron chi connectivity index (χ4n) is 2.04. The molecular weight excluding hydrogens is 302 g/mol. The van der Waals surface area contributed by atoms with E-state index in [0.717, 1.165) is 17.7 Å². The number of nitrogens with zero attached hydrogens (tertiary/aromatic N) is 2. The Morgan fingerprint density at radius 3 is 2.71 bits per heavy atom. The first-order valence-corrected chi connectivity index (χ1v) is 8.05. The van der Waals surface area contributed by atoms with E-state index >= 15 is 0 Å². The Hall–Kier alpha value is -2.63. The van der Waals surface area contributed by atoms with Crippen LogP contribution in [0.3, 0.4) is 0 Å². The Bertz CT molecular complexity index is 727. The van der Waals surface area contributed by atoms with Crippen LogP contribution in [0.15, 0.2) is 30.5 Å². The van der Waals surface area contributed by atoms with Gasteiger partial charge in [0.05, 0.1) is 0 Å². The van der Waals surface area contributed by atoms with Gasteiger partial charge in [0.25, 0.3) is 5.91 Å². The van der Waals surface area contributed by atoms with Crippen LogP contribution >= 0.6 is 0 Å². The maximum absolute atomic E-state index is 11.8. The second kappa shape index (κ2) is 7.29. The molecular formula is C18H25N5O. The molecule has 0 unspecified atom stereocenters. The zero-order valence-electron chi connectivity index (χ0n) is 14.9. The Balaban J connectivity index is 2.25. The van der Waals surface area contributed by atoms with Crippen LogP contribution in [0.2, 0.25) is 0 Å². The van der Waals surface area contributed by atoms with Crippen LogP contribution in [0.1, 0.15) is 43.1 Å². The Labute approximate surface area is 143 Å². The number of aryl methyl sites for hydroxylation is 1. The number of nitrogens with one attached hydrogen (secondary N) is 3. The van der Waals surface area contributed by atoms with Crippen LogP contribution in [-0.4, -0.2) is 28.5 Å². The lowest BCUT2D eigenvalue weighted by Gasteiger charge is -2.24. The summed E-state index contributed by atoms with van der Waals surface area (Å²) in [4.78, 5) is 20.7. The van der Waals surface area contributed by atoms with E-state index in [2.05, 4.69) is 46.7 Å². The van der Waals surface area contributed by atoms with Crippen molar-refractivity contribution in [1.82, 2.24) is 15.3 Å². The number of aromatic nitrogens is 2. The standard InChI is InChI=1S/C18H25N5O/c1-6-18(3,4)23-17-20-11-12(2)15(22-17)21-14-9-7-8-13(10-14)16(24)19-5/h7-11H,6H2,1-5H3,(H,19,24)(H2,20,21,22,23). The summed E-state index contributed by atoms with van der Waals surface area (Å²) >= 11 is 0. The van der Waals surface area contributed by atoms with Crippen LogP contribution in [0, 0.1) is 6.92 Å². The first kappa shape index (κ1) is 17.7. The van der Waals surface area contributed by atoms with E-state index in [4.69, 9.17) is 0 Å². The molecule has 0 radical (unpaired) electrons. The van der Waals surface area contributed by atoms with Gasteiger partial charge in [-0.05, 0) is 45.4 Å². The topological polar surface area (TPSA) is 78.9 Å². The van der Waals surface area contributed by atoms with Crippen molar-refractivity contribution in [3.8, 4) is 0 Å². The van der Waals surface area contributed by atoms with Crippen molar-refractivity contribution in [3.05, 3.63) is 41.6 Å². The molecule has 0 bridgehead atoms. The van der Waals surface area contributed by atoms with Crippen molar-refractivity contribution in [1.29, 1.82) is 0 Å². The summed E-state index contributed by atoms with van der Waals surface area (Å²) in [6.45, 7) is 8.27. The highest BCUT2D eigenvalue weighted by atomic mass is 16.1. The summed E-state index contributed by atoms with van der Waals surface area (Å²) in [6.07, 6.45) is 2.74. The molecule has 0 spiro atoms. The normalized spacial score (nSPS) is 11.0. The fourth-order valence-corrected chi connectivity index (χ4v) is 2.04. The Morgan fingerprint density at radius 2 is 2.04 bits per heavy atom. The molecule has 0 atom stereocenters. The van der Waals surface area contributed by atoms with Gasteiger partial charge in [-0.15, -0.1) is 0 Å². The molecule has 1 aromatic heterocycles. The molecule has 0 aliphatic carbocycles. The average molecular weight is 327 g/mol. The summed E-state index contributed by atoms with van der Waals surface area (Å²) in [5.41, 5.74) is 2.25. The number of amides is 1. The number of benzene rings is 1. The van der Waals surface area contributed by atoms with E-state index in [1.807, 2.05) is 19.1 Å². The summed E-state index contributed by atoms with van der Waals surface area (Å²) in [5, 5.41) is 9.22. The summed E-state index contributed by atoms with van der Waals surface area (Å²) in [5.74, 6) is 1.18. The van der Waals surface area contributed by atoms with Crippen LogP contribution in [0.5, 0.6) is 0 Å². The Morgan fingerprint density at radius 1 is 1.29 bits per heavy atom. The summed E-state index contributed by atoms with van der Waals surface area (Å²) in [7, 11) is 1.62. The Kier molecular flexibility index (Phi) is 5.39. The van der Waals surface area contributed by atoms with E-state index in [1.54, 1.807) is 25.4 Å². The molecule has 0 saturated carbocycles. The molecule has 0 fully saturated rings. The van der Waals surface area contributed by atoms with Gasteiger partial charge in [0.15, 0.2) is 0 Å². The zero-order chi connectivity index (χ0) is 17.7. The highest BCUT2D eigenvalue weighted by Gasteiger charge is 2.16. The van der Waals surface area contributed by atoms with E-state index < -0.39 is 0 Å². The van der Waals surface area contributed by atoms with Crippen LogP contribution in [0.25, 0.3) is 0 Å². The molecule has 24 heavy (non-hydrogen) atoms. The minimum atomic E-state index is -0.120. The number of rotatable bonds is 6. The second-order valence-electron chi connectivity index (χ2n) is 6.37. The van der Waals surface area contributed by atoms with E-state index in [9.17, 15) is 4.79 Å². The van der Waals surface area contributed by atoms with Gasteiger partial charge >= 0.3 is 0 Å². The van der Waals surface area contributed by atoms with E-state index in [1.165, 1.54) is 0 Å². The van der Waals surface area contributed by atoms with Gasteiger partial charge in [0, 0.05) is 35.6 Å². The lowest BCUT2D eigenvalue weighted by Crippen LogP contribution is -2.30. The highest BCUT2D eigenvalue weighted by Crippen LogP contribution is 2.22. The first-order valence-electron chi connectivity index (χ1n) is 8.05. The minimum absolute atomic E-state index is 0.0777. The van der Waals surface area contributed by atoms with Crippen LogP contribution in [-0.2, 0) is 0 Å². The smallest absolute Gasteiger partial charge is 0.251 e. The molecule has 0 aliphatic heterocycles. The number of hydrogen-bond acceptors (Lipinski definition) is 5. The molecule has 1 heterocycles. The van der Waals surface area contributed by atoms with Crippen molar-refractivity contribution in [2.45, 2.75) is 39.7 Å². The molecule has 2 aromatic rings. The number of carbonyl (C=O) groups is 1. The SMILES string of the molecule is CCC(C)(C)Nc1ncc(C)c(Nc2cccc(C(=O)NC)c2)n1. The molecule has 6 nitrogen and oxygen atoms in total. The molecule has 0 saturated heterocycles. The van der Waals surface area contributed by atoms with E-state index in [0.29, 0.717) is 17.3 Å². The molecule has 2 rings (SSSR count). The van der Waals surface area contributed by atoms with Crippen molar-refractivity contribution >= 4 is 23.4 Å². The minimum Gasteiger partial charge on any atom is -0.355 e. The molecule has 6 heteroatoms. The summed E-state index contributed by atoms with van der Waals surface area (Å²) < 4.78 is 0. The molecule has 1 aromatic carbocycles. The molecule has 0 aliphatic rings. The number of hydrogen-bond donors (Lipinski definition) is 3. The zero-order valence-corrected chi connectivity index (χ0v) is 14.9. The maximum Gasteiger partial charge on any atom is 0.251 e. The van der Waals surface area contributed by atoms with Gasteiger partial charge in [-0.3, -0.25) is 4.79 Å². The second-order valence-corrected chi connectivity index (χ2v) is 6.37. The predicted octanol–water partition coefficient (Wildman–Crippen LogP) is 3.49. The lowest BCUT2D eigenvalue weighted by molar-refractivity contribution is 0.0963. The van der Waals surface area contributed by atoms with Crippen LogP contribution in [0.4, 0.5) is 17.5 Å². The van der Waals surface area contributed by atoms with Crippen molar-refractivity contribution < 1.29 is 4.79 Å². The third-order valence-corrected chi connectivity index (χ3v) is 3.92. The third kappa shape index (κ3) is 4.44. The van der Waals surface area contributed by atoms with Gasteiger partial charge in [-0.2, -0.15) is 4.98 Å². The molecule has 3 N–H and O–H groups in total. The highest BCUT2D eigenvalue weighted by molar-refractivity contribution is 5.95. The average Bonchev–Trinajstić information content (AvgIpc) is 2.57. The predicted molar refractivity (Wildman–Crippen MR) is 97.9 cm³/mol. The van der Waals surface area contributed by atoms with Gasteiger partial charge in [0.1, 0.15) is 5.82 Å². The van der Waals surface area contributed by atoms with E-state index in [-0.39, 0.29) is 11.4 Å². The van der Waals surface area contributed by atoms with Crippen molar-refractivity contribution in [2.24, 2.45) is 0 Å². The number of anilines is 3. The largest absolute Gasteiger partial charge is 0.355 e. The number of carbonyl (C=O) groups excluding carboxylic acids is 1. The first-order chi connectivity index (χ1) is 11.3. The summed E-state index contributed by atoms with van der Waals surface area (Å²) in [6, 6.07) is 7.30. The third-order valence-electron chi connectivity index (χ3n) is 3.92. The fraction of sp³-hybridized carbons (Fsp3) is 0.389. The van der Waals surface area contributed by atoms with Gasteiger partial charge in [-0.25, -0.2) is 4.98 Å². The quantitative estimate of drug-likeness (QED) is 0.757. The van der Waals surface area contributed by atoms with Crippen LogP contribution < -0.4 is 16.0 Å². The van der Waals surface area contributed by atoms with Gasteiger partial charge < -0.3 is 16.0 Å². The van der Waals surface area contributed by atoms with Crippen molar-refractivity contribution in [2.75, 3.05) is 17.7 Å². The molecule has 128 valence electrons. The molecule has 1 amide bonds. The van der Waals surface area contributed by atoms with Gasteiger partial charge in [-0.1, -0.05) is 13.0 Å². The lowest BCUT2D eigenvalue weighted by atomic mass is 10.0. The van der Waals surface area contributed by atoms with Crippen molar-refractivity contribution in [3.63, 3.8) is 0 Å². The van der Waals surface area contributed by atoms with Gasteiger partial charge in [0.2, 0.25) is 5.95 Å². The maximum atomic E-state index is 11.8. The monoisotopic (exact) mass is 327 g/mol.